The first-order chi connectivity index (χ1) is 14.4. The zero-order valence-corrected chi connectivity index (χ0v) is 16.8. The third-order valence-electron chi connectivity index (χ3n) is 6.19. The lowest BCUT2D eigenvalue weighted by molar-refractivity contribution is -0.129. The van der Waals surface area contributed by atoms with Crippen LogP contribution in [-0.4, -0.2) is 40.1 Å². The van der Waals surface area contributed by atoms with Crippen molar-refractivity contribution in [1.29, 1.82) is 0 Å². The number of anilines is 3. The molecule has 0 bridgehead atoms. The van der Waals surface area contributed by atoms with Gasteiger partial charge < -0.3 is 16.4 Å². The summed E-state index contributed by atoms with van der Waals surface area (Å²) in [6.45, 7) is 1.16. The lowest BCUT2D eigenvalue weighted by Gasteiger charge is -2.39. The minimum atomic E-state index is -0.620. The maximum absolute atomic E-state index is 12.3. The minimum Gasteiger partial charge on any atom is -0.382 e. The fraction of sp³-hybridized carbons (Fsp3) is 0.300. The van der Waals surface area contributed by atoms with Gasteiger partial charge in [-0.2, -0.15) is 5.10 Å². The second kappa shape index (κ2) is 6.60. The van der Waals surface area contributed by atoms with Crippen molar-refractivity contribution in [3.05, 3.63) is 29.4 Å². The molecule has 2 amide bonds. The van der Waals surface area contributed by atoms with Crippen molar-refractivity contribution in [2.45, 2.75) is 19.3 Å². The highest BCUT2D eigenvalue weighted by Crippen LogP contribution is 2.45. The summed E-state index contributed by atoms with van der Waals surface area (Å²) in [5.74, 6) is 0.315. The number of piperidine rings is 1. The Morgan fingerprint density at radius 1 is 1.13 bits per heavy atom. The number of rotatable bonds is 2. The number of hydrogen-bond acceptors (Lipinski definition) is 7. The molecule has 2 aromatic heterocycles. The number of H-pyrrole nitrogens is 1. The molecular weight excluding hydrogens is 406 g/mol. The standard InChI is InChI=1S/C20H20ClN7O2/c21-15-16(28-5-3-20(4-6-28)8-14(29)25-19(20)30)12(9-24-18(15)23)10-1-2-11-13(7-10)26-27-17(11)22/h1-2,7,9H,3-6,8H2,(H2,23,24)(H3,22,26,27)(H,25,29,30). The molecule has 6 N–H and O–H groups in total. The number of halogens is 1. The van der Waals surface area contributed by atoms with E-state index in [9.17, 15) is 9.59 Å². The average molecular weight is 426 g/mol. The van der Waals surface area contributed by atoms with Crippen molar-refractivity contribution in [3.8, 4) is 11.1 Å². The second-order valence-electron chi connectivity index (χ2n) is 7.91. The Balaban J connectivity index is 1.53. The second-order valence-corrected chi connectivity index (χ2v) is 8.29. The van der Waals surface area contributed by atoms with Gasteiger partial charge in [0, 0.05) is 36.7 Å². The molecule has 3 aromatic rings. The first kappa shape index (κ1) is 18.7. The van der Waals surface area contributed by atoms with E-state index < -0.39 is 5.41 Å². The normalized spacial score (nSPS) is 18.4. The van der Waals surface area contributed by atoms with E-state index in [0.29, 0.717) is 36.8 Å². The molecule has 2 fully saturated rings. The molecule has 2 saturated heterocycles. The van der Waals surface area contributed by atoms with E-state index in [1.54, 1.807) is 6.20 Å². The number of aromatic nitrogens is 3. The highest BCUT2D eigenvalue weighted by atomic mass is 35.5. The Hall–Kier alpha value is -3.33. The molecule has 2 aliphatic heterocycles. The summed E-state index contributed by atoms with van der Waals surface area (Å²) in [7, 11) is 0. The molecule has 2 aliphatic rings. The monoisotopic (exact) mass is 425 g/mol. The van der Waals surface area contributed by atoms with Crippen LogP contribution >= 0.6 is 11.6 Å². The van der Waals surface area contributed by atoms with Gasteiger partial charge in [-0.1, -0.05) is 17.7 Å². The fourth-order valence-electron chi connectivity index (χ4n) is 4.47. The molecule has 9 nitrogen and oxygen atoms in total. The van der Waals surface area contributed by atoms with Gasteiger partial charge in [0.1, 0.15) is 10.8 Å². The number of nitrogens with two attached hydrogens (primary N) is 2. The summed E-state index contributed by atoms with van der Waals surface area (Å²) < 4.78 is 0. The van der Waals surface area contributed by atoms with E-state index in [1.807, 2.05) is 18.2 Å². The maximum atomic E-state index is 12.3. The molecule has 1 aromatic carbocycles. The number of pyridine rings is 1. The first-order valence-electron chi connectivity index (χ1n) is 9.65. The predicted octanol–water partition coefficient (Wildman–Crippen LogP) is 2.08. The number of nitrogens with one attached hydrogen (secondary N) is 2. The number of hydrogen-bond donors (Lipinski definition) is 4. The Kier molecular flexibility index (Phi) is 4.11. The summed E-state index contributed by atoms with van der Waals surface area (Å²) >= 11 is 6.60. The predicted molar refractivity (Wildman–Crippen MR) is 115 cm³/mol. The topological polar surface area (TPSA) is 143 Å². The number of carbonyl (C=O) groups is 2. The van der Waals surface area contributed by atoms with Crippen LogP contribution in [0.3, 0.4) is 0 Å². The van der Waals surface area contributed by atoms with Crippen molar-refractivity contribution in [3.63, 3.8) is 0 Å². The Morgan fingerprint density at radius 2 is 1.90 bits per heavy atom. The van der Waals surface area contributed by atoms with Crippen LogP contribution in [0.25, 0.3) is 22.0 Å². The number of nitrogen functional groups attached to an aromatic ring is 2. The maximum Gasteiger partial charge on any atom is 0.233 e. The van der Waals surface area contributed by atoms with Crippen LogP contribution in [-0.2, 0) is 9.59 Å². The van der Waals surface area contributed by atoms with Gasteiger partial charge in [0.05, 0.1) is 16.6 Å². The van der Waals surface area contributed by atoms with E-state index in [0.717, 1.165) is 27.7 Å². The van der Waals surface area contributed by atoms with Crippen molar-refractivity contribution >= 4 is 51.6 Å². The van der Waals surface area contributed by atoms with E-state index in [4.69, 9.17) is 23.1 Å². The fourth-order valence-corrected chi connectivity index (χ4v) is 4.74. The highest BCUT2D eigenvalue weighted by Gasteiger charge is 2.48. The number of carbonyl (C=O) groups excluding carboxylic acids is 2. The van der Waals surface area contributed by atoms with E-state index in [-0.39, 0.29) is 24.1 Å². The summed E-state index contributed by atoms with van der Waals surface area (Å²) in [6.07, 6.45) is 3.08. The highest BCUT2D eigenvalue weighted by molar-refractivity contribution is 6.36. The van der Waals surface area contributed by atoms with Gasteiger partial charge in [0.25, 0.3) is 0 Å². The van der Waals surface area contributed by atoms with Gasteiger partial charge in [0.15, 0.2) is 5.82 Å². The van der Waals surface area contributed by atoms with Gasteiger partial charge in [-0.05, 0) is 30.5 Å². The van der Waals surface area contributed by atoms with Crippen molar-refractivity contribution in [2.24, 2.45) is 5.41 Å². The Bertz CT molecular complexity index is 1200. The molecule has 1 spiro atoms. The largest absolute Gasteiger partial charge is 0.382 e. The van der Waals surface area contributed by atoms with Crippen LogP contribution in [0, 0.1) is 5.41 Å². The summed E-state index contributed by atoms with van der Waals surface area (Å²) in [4.78, 5) is 30.4. The molecule has 0 atom stereocenters. The molecule has 154 valence electrons. The molecular formula is C20H20ClN7O2. The number of fused-ring (bicyclic) bond motifs is 1. The zero-order valence-electron chi connectivity index (χ0n) is 16.0. The van der Waals surface area contributed by atoms with Gasteiger partial charge in [-0.15, -0.1) is 0 Å². The minimum absolute atomic E-state index is 0.171. The van der Waals surface area contributed by atoms with Crippen LogP contribution < -0.4 is 21.7 Å². The Labute approximate surface area is 176 Å². The van der Waals surface area contributed by atoms with E-state index in [1.165, 1.54) is 0 Å². The number of aromatic amines is 1. The van der Waals surface area contributed by atoms with Crippen molar-refractivity contribution in [1.82, 2.24) is 20.5 Å². The van der Waals surface area contributed by atoms with Crippen LogP contribution in [0.2, 0.25) is 5.02 Å². The van der Waals surface area contributed by atoms with Gasteiger partial charge in [-0.3, -0.25) is 20.0 Å². The van der Waals surface area contributed by atoms with Gasteiger partial charge >= 0.3 is 0 Å². The van der Waals surface area contributed by atoms with Gasteiger partial charge in [-0.25, -0.2) is 4.98 Å². The van der Waals surface area contributed by atoms with E-state index in [2.05, 4.69) is 25.4 Å². The molecule has 0 aliphatic carbocycles. The SMILES string of the molecule is Nc1ncc(-c2ccc3c(N)n[nH]c3c2)c(N2CCC3(CC2)CC(=O)NC3=O)c1Cl. The number of imide groups is 1. The lowest BCUT2D eigenvalue weighted by atomic mass is 9.77. The molecule has 5 rings (SSSR count). The third kappa shape index (κ3) is 2.77. The summed E-state index contributed by atoms with van der Waals surface area (Å²) in [5.41, 5.74) is 14.6. The molecule has 4 heterocycles. The van der Waals surface area contributed by atoms with Crippen LogP contribution in [0.5, 0.6) is 0 Å². The molecule has 30 heavy (non-hydrogen) atoms. The van der Waals surface area contributed by atoms with Crippen molar-refractivity contribution in [2.75, 3.05) is 29.5 Å². The summed E-state index contributed by atoms with van der Waals surface area (Å²) in [5, 5.41) is 10.6. The molecule has 10 heteroatoms. The van der Waals surface area contributed by atoms with Crippen LogP contribution in [0.4, 0.5) is 17.3 Å². The van der Waals surface area contributed by atoms with E-state index >= 15 is 0 Å². The number of amides is 2. The number of nitrogens with zero attached hydrogens (tertiary/aromatic N) is 3. The lowest BCUT2D eigenvalue weighted by Crippen LogP contribution is -2.44. The zero-order chi connectivity index (χ0) is 21.0. The summed E-state index contributed by atoms with van der Waals surface area (Å²) in [6, 6.07) is 5.78. The van der Waals surface area contributed by atoms with Crippen LogP contribution in [0.1, 0.15) is 19.3 Å². The van der Waals surface area contributed by atoms with Crippen LogP contribution in [0.15, 0.2) is 24.4 Å². The quantitative estimate of drug-likeness (QED) is 0.460. The molecule has 0 radical (unpaired) electrons. The third-order valence-corrected chi connectivity index (χ3v) is 6.57. The van der Waals surface area contributed by atoms with Crippen molar-refractivity contribution < 1.29 is 9.59 Å². The smallest absolute Gasteiger partial charge is 0.233 e. The van der Waals surface area contributed by atoms with Gasteiger partial charge in [0.2, 0.25) is 11.8 Å². The molecule has 0 saturated carbocycles. The average Bonchev–Trinajstić information content (AvgIpc) is 3.23. The Morgan fingerprint density at radius 3 is 2.60 bits per heavy atom. The number of benzene rings is 1. The first-order valence-corrected chi connectivity index (χ1v) is 10.0. The molecule has 0 unspecified atom stereocenters.